The Hall–Kier alpha value is -2.27. The van der Waals surface area contributed by atoms with Crippen LogP contribution in [-0.2, 0) is 20.4 Å². The van der Waals surface area contributed by atoms with Gasteiger partial charge in [0.05, 0.1) is 12.4 Å². The minimum atomic E-state index is -2.01. The first kappa shape index (κ1) is 19.1. The fourth-order valence-electron chi connectivity index (χ4n) is 3.60. The summed E-state index contributed by atoms with van der Waals surface area (Å²) in [5, 5.41) is 2.32. The summed E-state index contributed by atoms with van der Waals surface area (Å²) < 4.78 is 18.1. The number of carbonyl (C=O) groups is 1. The number of benzene rings is 1. The first-order valence-electron chi connectivity index (χ1n) is 9.92. The molecule has 0 N–H and O–H groups in total. The molecule has 2 heterocycles. The topological polar surface area (TPSA) is 44.8 Å². The van der Waals surface area contributed by atoms with Crippen molar-refractivity contribution in [2.75, 3.05) is 13.2 Å². The molecular weight excluding hydrogens is 368 g/mol. The highest BCUT2D eigenvalue weighted by molar-refractivity contribution is 6.74. The second-order valence-electron chi connectivity index (χ2n) is 9.19. The standard InChI is InChI=1S/C23H28O4Si/c1-23(2,3)28(4,5)27-17-11-16-12-21(24)26-14-20(16)18-9-8-15-7-6-10-25-22(15)19(18)13-17/h7-9,11-12H,6,10,13-14H2,1-5H3. The normalized spacial score (nSPS) is 18.9. The van der Waals surface area contributed by atoms with Gasteiger partial charge in [0.25, 0.3) is 0 Å². The Kier molecular flexibility index (Phi) is 4.53. The van der Waals surface area contributed by atoms with Crippen LogP contribution in [0.1, 0.15) is 32.8 Å². The Labute approximate surface area is 167 Å². The third kappa shape index (κ3) is 3.32. The summed E-state index contributed by atoms with van der Waals surface area (Å²) >= 11 is 0. The molecule has 4 rings (SSSR count). The van der Waals surface area contributed by atoms with E-state index in [0.29, 0.717) is 13.0 Å². The molecule has 4 nitrogen and oxygen atoms in total. The van der Waals surface area contributed by atoms with Gasteiger partial charge < -0.3 is 13.9 Å². The first-order valence-corrected chi connectivity index (χ1v) is 12.8. The van der Waals surface area contributed by atoms with Gasteiger partial charge in [0.15, 0.2) is 0 Å². The number of carbonyl (C=O) groups excluding carboxylic acids is 1. The summed E-state index contributed by atoms with van der Waals surface area (Å²) in [7, 11) is -2.01. The van der Waals surface area contributed by atoms with Crippen molar-refractivity contribution in [1.82, 2.24) is 0 Å². The van der Waals surface area contributed by atoms with Crippen LogP contribution in [0.3, 0.4) is 0 Å². The number of hydrogen-bond donors (Lipinski definition) is 0. The average molecular weight is 397 g/mol. The molecule has 1 aromatic rings. The number of ether oxygens (including phenoxy) is 2. The van der Waals surface area contributed by atoms with Crippen LogP contribution in [-0.4, -0.2) is 27.5 Å². The quantitative estimate of drug-likeness (QED) is 0.568. The van der Waals surface area contributed by atoms with Crippen molar-refractivity contribution in [3.8, 4) is 5.75 Å². The molecule has 0 atom stereocenters. The minimum Gasteiger partial charge on any atom is -0.546 e. The number of rotatable bonds is 2. The van der Waals surface area contributed by atoms with E-state index < -0.39 is 8.32 Å². The van der Waals surface area contributed by atoms with E-state index in [9.17, 15) is 4.79 Å². The fraction of sp³-hybridized carbons (Fsp3) is 0.435. The highest BCUT2D eigenvalue weighted by atomic mass is 28.4. The number of allylic oxidation sites excluding steroid dienone is 2. The molecule has 5 heteroatoms. The van der Waals surface area contributed by atoms with Crippen molar-refractivity contribution in [3.05, 3.63) is 51.6 Å². The average Bonchev–Trinajstić information content (AvgIpc) is 2.76. The first-order chi connectivity index (χ1) is 13.2. The molecule has 0 saturated heterocycles. The summed E-state index contributed by atoms with van der Waals surface area (Å²) in [6, 6.07) is 4.23. The van der Waals surface area contributed by atoms with Gasteiger partial charge in [-0.25, -0.2) is 4.79 Å². The zero-order valence-electron chi connectivity index (χ0n) is 17.3. The Bertz CT molecular complexity index is 1020. The lowest BCUT2D eigenvalue weighted by atomic mass is 9.98. The second kappa shape index (κ2) is 6.66. The molecule has 28 heavy (non-hydrogen) atoms. The van der Waals surface area contributed by atoms with Crippen LogP contribution in [0.15, 0.2) is 35.6 Å². The van der Waals surface area contributed by atoms with Crippen molar-refractivity contribution in [2.45, 2.75) is 51.7 Å². The molecule has 2 aliphatic heterocycles. The van der Waals surface area contributed by atoms with Gasteiger partial charge >= 0.3 is 5.97 Å². The SMILES string of the molecule is CC(C)(C)[Si](C)(C)OC1=CC2=CC(=O)OCC2=c2ccc3c(c2C1)OCCC=3. The molecule has 0 aromatic heterocycles. The lowest BCUT2D eigenvalue weighted by Gasteiger charge is -2.37. The molecule has 0 fully saturated rings. The van der Waals surface area contributed by atoms with Crippen LogP contribution in [0.5, 0.6) is 5.75 Å². The largest absolute Gasteiger partial charge is 0.546 e. The predicted octanol–water partition coefficient (Wildman–Crippen LogP) is 3.35. The van der Waals surface area contributed by atoms with Gasteiger partial charge in [-0.3, -0.25) is 0 Å². The Morgan fingerprint density at radius 3 is 2.64 bits per heavy atom. The molecule has 0 bridgehead atoms. The van der Waals surface area contributed by atoms with E-state index >= 15 is 0 Å². The lowest BCUT2D eigenvalue weighted by molar-refractivity contribution is -0.136. The zero-order valence-corrected chi connectivity index (χ0v) is 18.3. The van der Waals surface area contributed by atoms with E-state index in [1.54, 1.807) is 6.08 Å². The van der Waals surface area contributed by atoms with Crippen molar-refractivity contribution < 1.29 is 18.7 Å². The third-order valence-corrected chi connectivity index (χ3v) is 10.6. The molecule has 148 valence electrons. The third-order valence-electron chi connectivity index (χ3n) is 6.19. The maximum Gasteiger partial charge on any atom is 0.331 e. The summed E-state index contributed by atoms with van der Waals surface area (Å²) in [5.41, 5.74) is 3.05. The molecular formula is C23H28O4Si. The number of hydrogen-bond acceptors (Lipinski definition) is 4. The Morgan fingerprint density at radius 2 is 1.89 bits per heavy atom. The number of esters is 1. The van der Waals surface area contributed by atoms with E-state index in [2.05, 4.69) is 52.1 Å². The zero-order chi connectivity index (χ0) is 20.1. The molecule has 3 aliphatic rings. The van der Waals surface area contributed by atoms with Crippen molar-refractivity contribution >= 4 is 25.9 Å². The number of cyclic esters (lactones) is 1. The lowest BCUT2D eigenvalue weighted by Crippen LogP contribution is -2.40. The maximum atomic E-state index is 11.9. The molecule has 0 unspecified atom stereocenters. The smallest absolute Gasteiger partial charge is 0.331 e. The fourth-order valence-corrected chi connectivity index (χ4v) is 4.69. The van der Waals surface area contributed by atoms with Crippen LogP contribution >= 0.6 is 0 Å². The van der Waals surface area contributed by atoms with Gasteiger partial charge in [0.2, 0.25) is 8.32 Å². The van der Waals surface area contributed by atoms with Crippen LogP contribution in [0, 0.1) is 0 Å². The second-order valence-corrected chi connectivity index (χ2v) is 13.9. The van der Waals surface area contributed by atoms with Gasteiger partial charge in [-0.2, -0.15) is 0 Å². The Morgan fingerprint density at radius 1 is 1.11 bits per heavy atom. The van der Waals surface area contributed by atoms with Gasteiger partial charge in [-0.15, -0.1) is 0 Å². The summed E-state index contributed by atoms with van der Waals surface area (Å²) in [4.78, 5) is 11.9. The molecule has 0 amide bonds. The molecule has 0 radical (unpaired) electrons. The predicted molar refractivity (Wildman–Crippen MR) is 113 cm³/mol. The Balaban J connectivity index is 1.90. The van der Waals surface area contributed by atoms with Gasteiger partial charge in [0.1, 0.15) is 12.4 Å². The van der Waals surface area contributed by atoms with Crippen molar-refractivity contribution in [3.63, 3.8) is 0 Å². The summed E-state index contributed by atoms with van der Waals surface area (Å²) in [5.74, 6) is 1.55. The van der Waals surface area contributed by atoms with Gasteiger partial charge in [0, 0.05) is 35.3 Å². The molecule has 1 aromatic carbocycles. The highest BCUT2D eigenvalue weighted by Gasteiger charge is 2.40. The van der Waals surface area contributed by atoms with Crippen LogP contribution in [0.2, 0.25) is 18.1 Å². The van der Waals surface area contributed by atoms with E-state index in [0.717, 1.165) is 45.1 Å². The summed E-state index contributed by atoms with van der Waals surface area (Å²) in [6.45, 7) is 12.2. The van der Waals surface area contributed by atoms with E-state index in [1.165, 1.54) is 0 Å². The molecule has 0 spiro atoms. The van der Waals surface area contributed by atoms with Crippen LogP contribution < -0.4 is 15.2 Å². The number of fused-ring (bicyclic) bond motifs is 4. The highest BCUT2D eigenvalue weighted by Crippen LogP contribution is 2.39. The monoisotopic (exact) mass is 396 g/mol. The van der Waals surface area contributed by atoms with Crippen molar-refractivity contribution in [2.24, 2.45) is 0 Å². The maximum absolute atomic E-state index is 11.9. The van der Waals surface area contributed by atoms with Crippen LogP contribution in [0.25, 0.3) is 11.6 Å². The molecule has 0 saturated carbocycles. The summed E-state index contributed by atoms with van der Waals surface area (Å²) in [6.07, 6.45) is 7.43. The van der Waals surface area contributed by atoms with Gasteiger partial charge in [-0.1, -0.05) is 39.0 Å². The van der Waals surface area contributed by atoms with E-state index in [1.807, 2.05) is 6.08 Å². The van der Waals surface area contributed by atoms with Crippen molar-refractivity contribution in [1.29, 1.82) is 0 Å². The molecule has 1 aliphatic carbocycles. The van der Waals surface area contributed by atoms with Gasteiger partial charge in [-0.05, 0) is 35.0 Å². The van der Waals surface area contributed by atoms with E-state index in [-0.39, 0.29) is 17.6 Å². The van der Waals surface area contributed by atoms with E-state index in [4.69, 9.17) is 13.9 Å². The van der Waals surface area contributed by atoms with Crippen LogP contribution in [0.4, 0.5) is 0 Å². The minimum absolute atomic E-state index is 0.0930.